The zero-order chi connectivity index (χ0) is 12.8. The molecule has 1 aromatic rings. The van der Waals surface area contributed by atoms with Crippen molar-refractivity contribution in [1.29, 1.82) is 0 Å². The van der Waals surface area contributed by atoms with Gasteiger partial charge in [-0.15, -0.1) is 0 Å². The minimum atomic E-state index is -0.294. The highest BCUT2D eigenvalue weighted by Gasteiger charge is 2.08. The minimum absolute atomic E-state index is 0.294. The Hall–Kier alpha value is -0.880. The van der Waals surface area contributed by atoms with Gasteiger partial charge in [-0.25, -0.2) is 10.8 Å². The summed E-state index contributed by atoms with van der Waals surface area (Å²) < 4.78 is 0. The first-order valence-corrected chi connectivity index (χ1v) is 5.89. The SMILES string of the molecule is CC(O)CCN(C)Cc1nc(NN)ccc1Cl. The molecule has 0 saturated heterocycles. The van der Waals surface area contributed by atoms with E-state index >= 15 is 0 Å². The Kier molecular flexibility index (Phi) is 5.64. The minimum Gasteiger partial charge on any atom is -0.393 e. The number of nitrogens with zero attached hydrogens (tertiary/aromatic N) is 2. The van der Waals surface area contributed by atoms with Crippen LogP contribution in [0.4, 0.5) is 5.82 Å². The van der Waals surface area contributed by atoms with Gasteiger partial charge >= 0.3 is 0 Å². The molecule has 0 amide bonds. The monoisotopic (exact) mass is 258 g/mol. The highest BCUT2D eigenvalue weighted by molar-refractivity contribution is 6.31. The van der Waals surface area contributed by atoms with E-state index in [1.54, 1.807) is 19.1 Å². The van der Waals surface area contributed by atoms with Crippen LogP contribution in [0.3, 0.4) is 0 Å². The fraction of sp³-hybridized carbons (Fsp3) is 0.545. The van der Waals surface area contributed by atoms with Crippen LogP contribution in [-0.2, 0) is 6.54 Å². The summed E-state index contributed by atoms with van der Waals surface area (Å²) in [5.74, 6) is 5.89. The van der Waals surface area contributed by atoms with Gasteiger partial charge in [-0.1, -0.05) is 11.6 Å². The van der Waals surface area contributed by atoms with Gasteiger partial charge in [-0.3, -0.25) is 0 Å². The lowest BCUT2D eigenvalue weighted by molar-refractivity contribution is 0.162. The number of hydrogen-bond donors (Lipinski definition) is 3. The molecule has 1 heterocycles. The van der Waals surface area contributed by atoms with Gasteiger partial charge in [0.15, 0.2) is 0 Å². The van der Waals surface area contributed by atoms with E-state index in [9.17, 15) is 5.11 Å². The van der Waals surface area contributed by atoms with E-state index in [0.717, 1.165) is 18.7 Å². The quantitative estimate of drug-likeness (QED) is 0.529. The average Bonchev–Trinajstić information content (AvgIpc) is 2.29. The van der Waals surface area contributed by atoms with Crippen molar-refractivity contribution in [3.63, 3.8) is 0 Å². The van der Waals surface area contributed by atoms with Crippen LogP contribution in [0.25, 0.3) is 0 Å². The number of nitrogens with one attached hydrogen (secondary N) is 1. The van der Waals surface area contributed by atoms with Crippen molar-refractivity contribution in [3.05, 3.63) is 22.8 Å². The number of anilines is 1. The third-order valence-electron chi connectivity index (χ3n) is 2.41. The average molecular weight is 259 g/mol. The first-order chi connectivity index (χ1) is 8.02. The second-order valence-electron chi connectivity index (χ2n) is 4.14. The number of aliphatic hydroxyl groups excluding tert-OH is 1. The van der Waals surface area contributed by atoms with Crippen LogP contribution < -0.4 is 11.3 Å². The summed E-state index contributed by atoms with van der Waals surface area (Å²) >= 11 is 6.05. The predicted octanol–water partition coefficient (Wildman–Crippen LogP) is 1.22. The number of aliphatic hydroxyl groups is 1. The Morgan fingerprint density at radius 2 is 2.29 bits per heavy atom. The molecule has 0 aliphatic carbocycles. The normalized spacial score (nSPS) is 12.8. The third-order valence-corrected chi connectivity index (χ3v) is 2.76. The van der Waals surface area contributed by atoms with Crippen molar-refractivity contribution in [2.45, 2.75) is 26.0 Å². The zero-order valence-corrected chi connectivity index (χ0v) is 10.9. The standard InChI is InChI=1S/C11H19ClN4O/c1-8(17)5-6-16(2)7-10-9(12)3-4-11(14-10)15-13/h3-4,8,17H,5-7,13H2,1-2H3,(H,14,15). The van der Waals surface area contributed by atoms with Gasteiger partial charge < -0.3 is 15.4 Å². The molecule has 0 spiro atoms. The fourth-order valence-corrected chi connectivity index (χ4v) is 1.58. The number of halogens is 1. The van der Waals surface area contributed by atoms with Crippen molar-refractivity contribution in [1.82, 2.24) is 9.88 Å². The molecule has 0 fully saturated rings. The lowest BCUT2D eigenvalue weighted by atomic mass is 10.2. The van der Waals surface area contributed by atoms with Gasteiger partial charge in [0.25, 0.3) is 0 Å². The molecule has 0 aromatic carbocycles. The van der Waals surface area contributed by atoms with Crippen LogP contribution in [-0.4, -0.2) is 34.7 Å². The molecule has 1 aromatic heterocycles. The van der Waals surface area contributed by atoms with Gasteiger partial charge in [0, 0.05) is 13.1 Å². The largest absolute Gasteiger partial charge is 0.393 e. The number of aromatic nitrogens is 1. The maximum atomic E-state index is 9.21. The van der Waals surface area contributed by atoms with Crippen molar-refractivity contribution in [2.75, 3.05) is 19.0 Å². The van der Waals surface area contributed by atoms with E-state index in [2.05, 4.69) is 15.3 Å². The maximum Gasteiger partial charge on any atom is 0.140 e. The second kappa shape index (κ2) is 6.76. The molecular formula is C11H19ClN4O. The molecule has 4 N–H and O–H groups in total. The Morgan fingerprint density at radius 1 is 1.59 bits per heavy atom. The maximum absolute atomic E-state index is 9.21. The Morgan fingerprint density at radius 3 is 2.88 bits per heavy atom. The molecule has 0 bridgehead atoms. The summed E-state index contributed by atoms with van der Waals surface area (Å²) in [6.45, 7) is 3.19. The molecule has 1 unspecified atom stereocenters. The number of nitrogen functional groups attached to an aromatic ring is 1. The van der Waals surface area contributed by atoms with E-state index in [1.165, 1.54) is 0 Å². The van der Waals surface area contributed by atoms with Crippen molar-refractivity contribution in [3.8, 4) is 0 Å². The molecule has 0 aliphatic rings. The first-order valence-electron chi connectivity index (χ1n) is 5.51. The number of rotatable bonds is 6. The number of hydrogen-bond acceptors (Lipinski definition) is 5. The summed E-state index contributed by atoms with van der Waals surface area (Å²) in [4.78, 5) is 6.34. The Labute approximate surface area is 107 Å². The predicted molar refractivity (Wildman–Crippen MR) is 69.7 cm³/mol. The molecule has 1 atom stereocenters. The van der Waals surface area contributed by atoms with E-state index in [-0.39, 0.29) is 6.10 Å². The Bertz CT molecular complexity index is 359. The van der Waals surface area contributed by atoms with E-state index in [1.807, 2.05) is 7.05 Å². The third kappa shape index (κ3) is 4.87. The smallest absolute Gasteiger partial charge is 0.140 e. The van der Waals surface area contributed by atoms with E-state index < -0.39 is 0 Å². The number of hydrazine groups is 1. The summed E-state index contributed by atoms with van der Waals surface area (Å²) in [5, 5.41) is 9.83. The molecule has 0 aliphatic heterocycles. The van der Waals surface area contributed by atoms with Crippen LogP contribution in [0.1, 0.15) is 19.0 Å². The Balaban J connectivity index is 2.60. The van der Waals surface area contributed by atoms with Crippen molar-refractivity contribution >= 4 is 17.4 Å². The number of nitrogens with two attached hydrogens (primary N) is 1. The van der Waals surface area contributed by atoms with Gasteiger partial charge in [-0.2, -0.15) is 0 Å². The zero-order valence-electron chi connectivity index (χ0n) is 10.2. The first kappa shape index (κ1) is 14.2. The van der Waals surface area contributed by atoms with Crippen LogP contribution in [0.15, 0.2) is 12.1 Å². The lowest BCUT2D eigenvalue weighted by Crippen LogP contribution is -2.23. The van der Waals surface area contributed by atoms with Gasteiger partial charge in [0.05, 0.1) is 16.8 Å². The second-order valence-corrected chi connectivity index (χ2v) is 4.55. The van der Waals surface area contributed by atoms with Crippen molar-refractivity contribution in [2.24, 2.45) is 5.84 Å². The van der Waals surface area contributed by atoms with Gasteiger partial charge in [0.1, 0.15) is 5.82 Å². The molecule has 96 valence electrons. The van der Waals surface area contributed by atoms with Gasteiger partial charge in [-0.05, 0) is 32.5 Å². The highest BCUT2D eigenvalue weighted by Crippen LogP contribution is 2.17. The topological polar surface area (TPSA) is 74.4 Å². The molecule has 6 heteroatoms. The van der Waals surface area contributed by atoms with Crippen LogP contribution in [0, 0.1) is 0 Å². The van der Waals surface area contributed by atoms with E-state index in [4.69, 9.17) is 17.4 Å². The summed E-state index contributed by atoms with van der Waals surface area (Å²) in [5.41, 5.74) is 3.26. The van der Waals surface area contributed by atoms with Crippen LogP contribution in [0.5, 0.6) is 0 Å². The van der Waals surface area contributed by atoms with Crippen LogP contribution >= 0.6 is 11.6 Å². The number of pyridine rings is 1. The molecular weight excluding hydrogens is 240 g/mol. The highest BCUT2D eigenvalue weighted by atomic mass is 35.5. The molecule has 0 saturated carbocycles. The van der Waals surface area contributed by atoms with Crippen molar-refractivity contribution < 1.29 is 5.11 Å². The molecule has 1 rings (SSSR count). The van der Waals surface area contributed by atoms with Crippen LogP contribution in [0.2, 0.25) is 5.02 Å². The summed E-state index contributed by atoms with van der Waals surface area (Å²) in [6.07, 6.45) is 0.432. The van der Waals surface area contributed by atoms with Gasteiger partial charge in [0.2, 0.25) is 0 Å². The molecule has 17 heavy (non-hydrogen) atoms. The molecule has 0 radical (unpaired) electrons. The lowest BCUT2D eigenvalue weighted by Gasteiger charge is -2.18. The van der Waals surface area contributed by atoms with E-state index in [0.29, 0.717) is 17.4 Å². The molecule has 5 nitrogen and oxygen atoms in total. The summed E-state index contributed by atoms with van der Waals surface area (Å²) in [7, 11) is 1.96. The summed E-state index contributed by atoms with van der Waals surface area (Å²) in [6, 6.07) is 3.49. The fourth-order valence-electron chi connectivity index (χ4n) is 1.42.